The average molecular weight is 542 g/mol. The van der Waals surface area contributed by atoms with E-state index in [2.05, 4.69) is 78.3 Å². The van der Waals surface area contributed by atoms with Crippen LogP contribution < -0.4 is 4.46 Å². The predicted molar refractivity (Wildman–Crippen MR) is 149 cm³/mol. The predicted octanol–water partition coefficient (Wildman–Crippen LogP) is 6.60. The Bertz CT molecular complexity index is 1020. The van der Waals surface area contributed by atoms with E-state index in [0.717, 1.165) is 17.3 Å². The van der Waals surface area contributed by atoms with Gasteiger partial charge in [-0.15, -0.1) is 0 Å². The zero-order valence-corrected chi connectivity index (χ0v) is 24.8. The van der Waals surface area contributed by atoms with E-state index < -0.39 is 6.04 Å². The van der Waals surface area contributed by atoms with Crippen molar-refractivity contribution in [1.82, 2.24) is 0 Å². The van der Waals surface area contributed by atoms with Gasteiger partial charge in [0.05, 0.1) is 0 Å². The van der Waals surface area contributed by atoms with Crippen LogP contribution in [0.3, 0.4) is 0 Å². The summed E-state index contributed by atoms with van der Waals surface area (Å²) in [7, 11) is 1.50. The van der Waals surface area contributed by atoms with E-state index in [1.807, 2.05) is 30.3 Å². The summed E-state index contributed by atoms with van der Waals surface area (Å²) in [5.74, 6) is 1.34. The number of ether oxygens (including phenoxy) is 1. The molecule has 3 nitrogen and oxygen atoms in total. The van der Waals surface area contributed by atoms with Gasteiger partial charge in [0, 0.05) is 0 Å². The van der Waals surface area contributed by atoms with Gasteiger partial charge >= 0.3 is 220 Å². The molecule has 4 heteroatoms. The molecule has 190 valence electrons. The van der Waals surface area contributed by atoms with Gasteiger partial charge in [0.2, 0.25) is 0 Å². The molecule has 2 atom stereocenters. The maximum atomic E-state index is 13.0. The fourth-order valence-electron chi connectivity index (χ4n) is 5.12. The molecule has 0 saturated heterocycles. The molecular weight excluding hydrogens is 497 g/mol. The first-order valence-electron chi connectivity index (χ1n) is 13.0. The minimum atomic E-state index is -0.402. The van der Waals surface area contributed by atoms with Crippen molar-refractivity contribution in [2.24, 2.45) is 5.41 Å². The molecule has 1 aliphatic heterocycles. The van der Waals surface area contributed by atoms with Crippen molar-refractivity contribution in [3.8, 4) is 0 Å². The van der Waals surface area contributed by atoms with Crippen molar-refractivity contribution < 1.29 is 14.1 Å². The van der Waals surface area contributed by atoms with E-state index in [-0.39, 0.29) is 11.4 Å². The van der Waals surface area contributed by atoms with Gasteiger partial charge < -0.3 is 0 Å². The number of carbonyl (C=O) groups excluding carboxylic acids is 1. The molecule has 1 unspecified atom stereocenters. The molecule has 35 heavy (non-hydrogen) atoms. The summed E-state index contributed by atoms with van der Waals surface area (Å²) in [6.07, 6.45) is 3.34. The van der Waals surface area contributed by atoms with E-state index >= 15 is 0 Å². The molecule has 3 rings (SSSR count). The summed E-state index contributed by atoms with van der Waals surface area (Å²) in [5, 5.41) is 1.08. The zero-order valence-electron chi connectivity index (χ0n) is 23.1. The molecule has 0 spiro atoms. The van der Waals surface area contributed by atoms with E-state index in [1.54, 1.807) is 4.46 Å². The van der Waals surface area contributed by atoms with Crippen molar-refractivity contribution in [2.75, 3.05) is 7.11 Å². The quantitative estimate of drug-likeness (QED) is 0.203. The fraction of sp³-hybridized carbons (Fsp3) is 0.548. The van der Waals surface area contributed by atoms with Gasteiger partial charge in [-0.1, -0.05) is 0 Å². The molecule has 0 saturated carbocycles. The van der Waals surface area contributed by atoms with Crippen molar-refractivity contribution in [3.63, 3.8) is 0 Å². The van der Waals surface area contributed by atoms with Crippen LogP contribution in [0.2, 0.25) is 5.32 Å². The molecule has 1 aliphatic rings. The van der Waals surface area contributed by atoms with E-state index in [9.17, 15) is 4.79 Å². The average Bonchev–Trinajstić information content (AvgIpc) is 3.11. The van der Waals surface area contributed by atoms with Gasteiger partial charge in [-0.25, -0.2) is 0 Å². The molecule has 0 amide bonds. The summed E-state index contributed by atoms with van der Waals surface area (Å²) < 4.78 is 9.19. The second-order valence-corrected chi connectivity index (χ2v) is 13.7. The number of nitrogens with zero attached hydrogens (tertiary/aromatic N) is 1. The molecule has 2 aromatic carbocycles. The van der Waals surface area contributed by atoms with Gasteiger partial charge in [0.15, 0.2) is 0 Å². The molecule has 0 N–H and O–H groups in total. The Morgan fingerprint density at radius 3 is 2.03 bits per heavy atom. The topological polar surface area (TPSA) is 29.3 Å². The third-order valence-corrected chi connectivity index (χ3v) is 9.77. The SMILES string of the molecule is COC(=O)[C@@H](c1ccccc1)[N+]1=CC(C)(C)CC1C[Se]c1c(C(C)C)cc(C(C)C)cc1C(C)C. The fourth-order valence-corrected chi connectivity index (χ4v) is 8.41. The van der Waals surface area contributed by atoms with Crippen LogP contribution in [-0.4, -0.2) is 44.9 Å². The first-order valence-corrected chi connectivity index (χ1v) is 15.1. The second kappa shape index (κ2) is 11.4. The van der Waals surface area contributed by atoms with Gasteiger partial charge in [0.1, 0.15) is 0 Å². The van der Waals surface area contributed by atoms with Crippen LogP contribution in [0.25, 0.3) is 0 Å². The number of rotatable bonds is 9. The van der Waals surface area contributed by atoms with Crippen LogP contribution in [0, 0.1) is 5.41 Å². The van der Waals surface area contributed by atoms with Crippen molar-refractivity contribution in [3.05, 3.63) is 64.7 Å². The van der Waals surface area contributed by atoms with Crippen molar-refractivity contribution >= 4 is 31.6 Å². The third kappa shape index (κ3) is 6.46. The van der Waals surface area contributed by atoms with Gasteiger partial charge in [0.25, 0.3) is 0 Å². The van der Waals surface area contributed by atoms with Crippen LogP contribution in [0.1, 0.15) is 108 Å². The number of methoxy groups -OCH3 is 1. The molecule has 0 bridgehead atoms. The number of hydrogen-bond donors (Lipinski definition) is 0. The Balaban J connectivity index is 1.99. The molecule has 0 radical (unpaired) electrons. The summed E-state index contributed by atoms with van der Waals surface area (Å²) in [6, 6.07) is 14.9. The van der Waals surface area contributed by atoms with Crippen molar-refractivity contribution in [2.45, 2.75) is 97.0 Å². The monoisotopic (exact) mass is 542 g/mol. The van der Waals surface area contributed by atoms with Crippen LogP contribution in [0.15, 0.2) is 42.5 Å². The van der Waals surface area contributed by atoms with Crippen LogP contribution >= 0.6 is 0 Å². The van der Waals surface area contributed by atoms with Gasteiger partial charge in [-0.3, -0.25) is 0 Å². The van der Waals surface area contributed by atoms with Crippen molar-refractivity contribution in [1.29, 1.82) is 0 Å². The zero-order chi connectivity index (χ0) is 25.9. The summed E-state index contributed by atoms with van der Waals surface area (Å²) in [6.45, 7) is 18.4. The number of esters is 1. The van der Waals surface area contributed by atoms with Gasteiger partial charge in [-0.05, 0) is 0 Å². The van der Waals surface area contributed by atoms with Crippen LogP contribution in [-0.2, 0) is 9.53 Å². The first-order chi connectivity index (χ1) is 16.4. The summed E-state index contributed by atoms with van der Waals surface area (Å²) >= 11 is 0.309. The van der Waals surface area contributed by atoms with Gasteiger partial charge in [-0.2, -0.15) is 0 Å². The Hall–Kier alpha value is -1.90. The van der Waals surface area contributed by atoms with E-state index in [4.69, 9.17) is 4.74 Å². The van der Waals surface area contributed by atoms with E-state index in [1.165, 1.54) is 23.8 Å². The third-order valence-electron chi connectivity index (χ3n) is 7.02. The minimum absolute atomic E-state index is 0.0467. The Morgan fingerprint density at radius 1 is 0.971 bits per heavy atom. The summed E-state index contributed by atoms with van der Waals surface area (Å²) in [4.78, 5) is 13.0. The van der Waals surface area contributed by atoms with Crippen LogP contribution in [0.5, 0.6) is 0 Å². The Labute approximate surface area is 219 Å². The standard InChI is InChI=1S/C31H44NO2Se/c1-20(2)24-15-26(21(3)4)29(27(16-24)22(5)6)35-18-25-17-31(7,8)19-32(25)28(30(33)34-9)23-13-11-10-12-14-23/h10-16,19-22,25,28H,17-18H2,1-9H3/q+1/t25?,28-/m1/s1. The molecule has 0 fully saturated rings. The van der Waals surface area contributed by atoms with E-state index in [0.29, 0.717) is 38.8 Å². The number of carbonyl (C=O) groups is 1. The Morgan fingerprint density at radius 2 is 1.54 bits per heavy atom. The second-order valence-electron chi connectivity index (χ2n) is 11.6. The molecule has 0 aromatic heterocycles. The molecule has 0 aliphatic carbocycles. The summed E-state index contributed by atoms with van der Waals surface area (Å²) in [5.41, 5.74) is 5.52. The Kier molecular flexibility index (Phi) is 9.05. The first kappa shape index (κ1) is 27.7. The molecular formula is C31H44NO2Se+. The number of hydrogen-bond acceptors (Lipinski definition) is 2. The molecule has 2 aromatic rings. The molecule has 1 heterocycles. The maximum absolute atomic E-state index is 13.0. The normalized spacial score (nSPS) is 18.3. The number of benzene rings is 2. The van der Waals surface area contributed by atoms with Crippen LogP contribution in [0.4, 0.5) is 0 Å².